The summed E-state index contributed by atoms with van der Waals surface area (Å²) in [6.07, 6.45) is 5.46. The summed E-state index contributed by atoms with van der Waals surface area (Å²) in [7, 11) is 0. The molecule has 7 heteroatoms. The van der Waals surface area contributed by atoms with Gasteiger partial charge in [0.2, 0.25) is 5.89 Å². The maximum absolute atomic E-state index is 12.4. The van der Waals surface area contributed by atoms with Crippen molar-refractivity contribution in [3.63, 3.8) is 0 Å². The summed E-state index contributed by atoms with van der Waals surface area (Å²) in [5.74, 6) is 1.32. The maximum atomic E-state index is 12.4. The van der Waals surface area contributed by atoms with Crippen molar-refractivity contribution >= 4 is 5.91 Å². The van der Waals surface area contributed by atoms with Crippen LogP contribution in [0.15, 0.2) is 57.9 Å². The van der Waals surface area contributed by atoms with E-state index in [4.69, 9.17) is 8.94 Å². The molecule has 0 saturated carbocycles. The van der Waals surface area contributed by atoms with E-state index in [2.05, 4.69) is 27.6 Å². The van der Waals surface area contributed by atoms with Gasteiger partial charge in [0.05, 0.1) is 17.9 Å². The van der Waals surface area contributed by atoms with Gasteiger partial charge in [-0.2, -0.15) is 4.98 Å². The first-order valence-corrected chi connectivity index (χ1v) is 9.63. The molecule has 1 unspecified atom stereocenters. The monoisotopic (exact) mass is 380 g/mol. The Kier molecular flexibility index (Phi) is 5.53. The van der Waals surface area contributed by atoms with Crippen LogP contribution in [0.5, 0.6) is 0 Å². The van der Waals surface area contributed by atoms with E-state index >= 15 is 0 Å². The van der Waals surface area contributed by atoms with E-state index in [1.165, 1.54) is 12.5 Å². The van der Waals surface area contributed by atoms with Gasteiger partial charge in [0.1, 0.15) is 6.26 Å². The molecule has 0 spiro atoms. The average Bonchev–Trinajstić information content (AvgIpc) is 3.41. The van der Waals surface area contributed by atoms with E-state index in [0.717, 1.165) is 31.5 Å². The Morgan fingerprint density at radius 3 is 2.75 bits per heavy atom. The summed E-state index contributed by atoms with van der Waals surface area (Å²) >= 11 is 0. The smallest absolute Gasteiger partial charge is 0.257 e. The molecule has 1 aliphatic heterocycles. The van der Waals surface area contributed by atoms with Crippen LogP contribution in [-0.2, 0) is 6.42 Å². The predicted molar refractivity (Wildman–Crippen MR) is 103 cm³/mol. The summed E-state index contributed by atoms with van der Waals surface area (Å²) in [6.45, 7) is 3.47. The van der Waals surface area contributed by atoms with Crippen molar-refractivity contribution < 1.29 is 13.7 Å². The molecule has 28 heavy (non-hydrogen) atoms. The number of amides is 1. The van der Waals surface area contributed by atoms with Gasteiger partial charge in [-0.05, 0) is 31.4 Å². The minimum atomic E-state index is -0.0295. The van der Waals surface area contributed by atoms with Gasteiger partial charge in [0.15, 0.2) is 5.82 Å². The summed E-state index contributed by atoms with van der Waals surface area (Å²) in [6, 6.07) is 12.1. The number of hydrogen-bond donors (Lipinski definition) is 1. The SMILES string of the molecule is CC(NC1CCN(C(=O)c2ccoc2)CC1)c1nc(Cc2ccccc2)no1. The van der Waals surface area contributed by atoms with E-state index < -0.39 is 0 Å². The number of rotatable bonds is 6. The fourth-order valence-electron chi connectivity index (χ4n) is 3.54. The van der Waals surface area contributed by atoms with Crippen molar-refractivity contribution in [3.05, 3.63) is 71.8 Å². The Morgan fingerprint density at radius 1 is 1.25 bits per heavy atom. The van der Waals surface area contributed by atoms with Crippen LogP contribution >= 0.6 is 0 Å². The number of carbonyl (C=O) groups excluding carboxylic acids is 1. The summed E-state index contributed by atoms with van der Waals surface area (Å²) in [5.41, 5.74) is 1.77. The number of carbonyl (C=O) groups is 1. The van der Waals surface area contributed by atoms with Gasteiger partial charge in [0, 0.05) is 25.6 Å². The molecule has 1 aliphatic rings. The first-order valence-electron chi connectivity index (χ1n) is 9.63. The molecular weight excluding hydrogens is 356 g/mol. The Bertz CT molecular complexity index is 884. The predicted octanol–water partition coefficient (Wildman–Crippen LogP) is 3.21. The molecule has 0 bridgehead atoms. The number of nitrogens with zero attached hydrogens (tertiary/aromatic N) is 3. The van der Waals surface area contributed by atoms with Crippen molar-refractivity contribution in [2.75, 3.05) is 13.1 Å². The van der Waals surface area contributed by atoms with E-state index in [1.54, 1.807) is 6.07 Å². The fraction of sp³-hybridized carbons (Fsp3) is 0.381. The molecule has 0 radical (unpaired) electrons. The fourth-order valence-corrected chi connectivity index (χ4v) is 3.54. The Hall–Kier alpha value is -2.93. The summed E-state index contributed by atoms with van der Waals surface area (Å²) in [5, 5.41) is 7.66. The third-order valence-electron chi connectivity index (χ3n) is 5.10. The lowest BCUT2D eigenvalue weighted by Gasteiger charge is -2.33. The largest absolute Gasteiger partial charge is 0.472 e. The lowest BCUT2D eigenvalue weighted by molar-refractivity contribution is 0.0700. The molecule has 0 aliphatic carbocycles. The molecule has 1 N–H and O–H groups in total. The second-order valence-corrected chi connectivity index (χ2v) is 7.18. The quantitative estimate of drug-likeness (QED) is 0.707. The Morgan fingerprint density at radius 2 is 2.04 bits per heavy atom. The van der Waals surface area contributed by atoms with Crippen LogP contribution in [0.25, 0.3) is 0 Å². The zero-order valence-corrected chi connectivity index (χ0v) is 15.9. The highest BCUT2D eigenvalue weighted by molar-refractivity contribution is 5.93. The van der Waals surface area contributed by atoms with Crippen LogP contribution in [-0.4, -0.2) is 40.1 Å². The van der Waals surface area contributed by atoms with Gasteiger partial charge < -0.3 is 19.2 Å². The molecule has 3 aromatic rings. The van der Waals surface area contributed by atoms with Crippen LogP contribution in [0.1, 0.15) is 53.4 Å². The zero-order chi connectivity index (χ0) is 19.3. The van der Waals surface area contributed by atoms with Crippen LogP contribution in [0.2, 0.25) is 0 Å². The molecule has 7 nitrogen and oxygen atoms in total. The highest BCUT2D eigenvalue weighted by Gasteiger charge is 2.26. The van der Waals surface area contributed by atoms with E-state index in [-0.39, 0.29) is 11.9 Å². The van der Waals surface area contributed by atoms with Crippen molar-refractivity contribution in [2.24, 2.45) is 0 Å². The lowest BCUT2D eigenvalue weighted by Crippen LogP contribution is -2.45. The van der Waals surface area contributed by atoms with Gasteiger partial charge >= 0.3 is 0 Å². The van der Waals surface area contributed by atoms with Gasteiger partial charge in [0.25, 0.3) is 5.91 Å². The zero-order valence-electron chi connectivity index (χ0n) is 15.9. The van der Waals surface area contributed by atoms with Gasteiger partial charge in [-0.15, -0.1) is 0 Å². The van der Waals surface area contributed by atoms with Gasteiger partial charge in [-0.25, -0.2) is 0 Å². The minimum Gasteiger partial charge on any atom is -0.472 e. The van der Waals surface area contributed by atoms with Gasteiger partial charge in [-0.1, -0.05) is 35.5 Å². The van der Waals surface area contributed by atoms with Gasteiger partial charge in [-0.3, -0.25) is 4.79 Å². The molecular formula is C21H24N4O3. The highest BCUT2D eigenvalue weighted by atomic mass is 16.5. The minimum absolute atomic E-state index is 0.0295. The van der Waals surface area contributed by atoms with Crippen LogP contribution in [0.3, 0.4) is 0 Å². The average molecular weight is 380 g/mol. The first-order chi connectivity index (χ1) is 13.7. The third-order valence-corrected chi connectivity index (χ3v) is 5.10. The van der Waals surface area contributed by atoms with E-state index in [1.807, 2.05) is 30.0 Å². The lowest BCUT2D eigenvalue weighted by atomic mass is 10.0. The number of furan rings is 1. The number of nitrogens with one attached hydrogen (secondary N) is 1. The van der Waals surface area contributed by atoms with Crippen molar-refractivity contribution in [1.82, 2.24) is 20.4 Å². The second kappa shape index (κ2) is 8.39. The molecule has 146 valence electrons. The van der Waals surface area contributed by atoms with Crippen LogP contribution in [0, 0.1) is 0 Å². The number of aromatic nitrogens is 2. The highest BCUT2D eigenvalue weighted by Crippen LogP contribution is 2.18. The normalized spacial score (nSPS) is 16.2. The number of benzene rings is 1. The summed E-state index contributed by atoms with van der Waals surface area (Å²) in [4.78, 5) is 18.8. The molecule has 4 rings (SSSR count). The molecule has 1 amide bonds. The second-order valence-electron chi connectivity index (χ2n) is 7.18. The molecule has 1 atom stereocenters. The Balaban J connectivity index is 1.28. The number of likely N-dealkylation sites (tertiary alicyclic amines) is 1. The van der Waals surface area contributed by atoms with E-state index in [9.17, 15) is 4.79 Å². The molecule has 1 fully saturated rings. The standard InChI is InChI=1S/C21H24N4O3/c1-15(20-23-19(24-28-20)13-16-5-3-2-4-6-16)22-18-7-10-25(11-8-18)21(26)17-9-12-27-14-17/h2-6,9,12,14-15,18,22H,7-8,10-11,13H2,1H3. The summed E-state index contributed by atoms with van der Waals surface area (Å²) < 4.78 is 10.5. The number of hydrogen-bond acceptors (Lipinski definition) is 6. The van der Waals surface area contributed by atoms with E-state index in [0.29, 0.717) is 29.7 Å². The molecule has 1 aromatic carbocycles. The van der Waals surface area contributed by atoms with Crippen LogP contribution < -0.4 is 5.32 Å². The number of piperidine rings is 1. The van der Waals surface area contributed by atoms with Crippen molar-refractivity contribution in [3.8, 4) is 0 Å². The Labute approximate surface area is 163 Å². The molecule has 1 saturated heterocycles. The molecule has 2 aromatic heterocycles. The first kappa shape index (κ1) is 18.4. The van der Waals surface area contributed by atoms with Crippen LogP contribution in [0.4, 0.5) is 0 Å². The topological polar surface area (TPSA) is 84.4 Å². The maximum Gasteiger partial charge on any atom is 0.257 e. The van der Waals surface area contributed by atoms with Crippen molar-refractivity contribution in [2.45, 2.75) is 38.3 Å². The third kappa shape index (κ3) is 4.31. The van der Waals surface area contributed by atoms with Crippen molar-refractivity contribution in [1.29, 1.82) is 0 Å². The molecule has 3 heterocycles.